The summed E-state index contributed by atoms with van der Waals surface area (Å²) in [6.45, 7) is 1.89. The predicted molar refractivity (Wildman–Crippen MR) is 161 cm³/mol. The topological polar surface area (TPSA) is 129 Å². The molecule has 0 spiro atoms. The second-order valence-electron chi connectivity index (χ2n) is 14.0. The summed E-state index contributed by atoms with van der Waals surface area (Å²) in [5.41, 5.74) is -1.71. The van der Waals surface area contributed by atoms with Crippen LogP contribution in [-0.2, 0) is 25.0 Å². The van der Waals surface area contributed by atoms with Gasteiger partial charge in [-0.05, 0) is 67.1 Å². The van der Waals surface area contributed by atoms with Gasteiger partial charge >= 0.3 is 24.6 Å². The highest BCUT2D eigenvalue weighted by atomic mass is 19.3. The van der Waals surface area contributed by atoms with Gasteiger partial charge in [-0.3, -0.25) is 4.79 Å². The lowest BCUT2D eigenvalue weighted by molar-refractivity contribution is -0.152. The van der Waals surface area contributed by atoms with Crippen molar-refractivity contribution in [2.45, 2.75) is 89.7 Å². The summed E-state index contributed by atoms with van der Waals surface area (Å²) in [6.07, 6.45) is 2.10. The highest BCUT2D eigenvalue weighted by molar-refractivity contribution is 5.91. The zero-order chi connectivity index (χ0) is 34.5. The van der Waals surface area contributed by atoms with Gasteiger partial charge < -0.3 is 29.2 Å². The van der Waals surface area contributed by atoms with E-state index in [1.165, 1.54) is 23.1 Å². The van der Waals surface area contributed by atoms with Crippen LogP contribution in [0.3, 0.4) is 0 Å². The number of carbonyl (C=O) groups excluding carboxylic acids is 3. The molecular formula is C33H38F4N4O7. The van der Waals surface area contributed by atoms with Crippen LogP contribution in [0.2, 0.25) is 0 Å². The fraction of sp³-hybridized carbons (Fsp3) is 0.606. The van der Waals surface area contributed by atoms with Crippen LogP contribution in [0, 0.1) is 23.2 Å². The maximum Gasteiger partial charge on any atom is 0.408 e. The average Bonchev–Trinajstić information content (AvgIpc) is 3.50. The second kappa shape index (κ2) is 12.7. The Bertz CT molecular complexity index is 1620. The number of alkyl halides is 4. The number of allylic oxidation sites excluding steroid dienone is 2. The van der Waals surface area contributed by atoms with Gasteiger partial charge in [0.2, 0.25) is 11.8 Å². The third-order valence-corrected chi connectivity index (χ3v) is 9.61. The average molecular weight is 679 g/mol. The number of ether oxygens (including phenoxy) is 4. The fourth-order valence-corrected chi connectivity index (χ4v) is 7.19. The maximum atomic E-state index is 16.0. The van der Waals surface area contributed by atoms with Crippen molar-refractivity contribution >= 4 is 29.0 Å². The number of rotatable bonds is 3. The third-order valence-electron chi connectivity index (χ3n) is 9.61. The lowest BCUT2D eigenvalue weighted by Crippen LogP contribution is -2.57. The van der Waals surface area contributed by atoms with Crippen LogP contribution in [0.1, 0.15) is 58.6 Å². The first kappa shape index (κ1) is 33.7. The summed E-state index contributed by atoms with van der Waals surface area (Å²) in [6, 6.07) is 1.24. The van der Waals surface area contributed by atoms with E-state index >= 15 is 8.78 Å². The van der Waals surface area contributed by atoms with Crippen LogP contribution >= 0.6 is 0 Å². The number of aromatic nitrogens is 2. The first-order valence-electron chi connectivity index (χ1n) is 16.0. The van der Waals surface area contributed by atoms with Crippen LogP contribution in [0.5, 0.6) is 11.6 Å². The minimum Gasteiger partial charge on any atom is -0.471 e. The molecule has 4 aliphatic rings. The summed E-state index contributed by atoms with van der Waals surface area (Å²) >= 11 is 0. The lowest BCUT2D eigenvalue weighted by Gasteiger charge is -2.35. The van der Waals surface area contributed by atoms with E-state index in [2.05, 4.69) is 20.0 Å². The quantitative estimate of drug-likeness (QED) is 0.259. The van der Waals surface area contributed by atoms with Crippen LogP contribution < -0.4 is 14.8 Å². The molecule has 2 aromatic rings. The Morgan fingerprint density at radius 1 is 1.08 bits per heavy atom. The summed E-state index contributed by atoms with van der Waals surface area (Å²) in [4.78, 5) is 49.9. The number of esters is 1. The normalized spacial score (nSPS) is 30.9. The minimum absolute atomic E-state index is 0.0145. The third kappa shape index (κ3) is 6.86. The molecule has 2 bridgehead atoms. The van der Waals surface area contributed by atoms with Gasteiger partial charge in [0.15, 0.2) is 5.69 Å². The molecule has 2 aliphatic carbocycles. The van der Waals surface area contributed by atoms with Gasteiger partial charge in [0.1, 0.15) is 30.0 Å². The number of nitrogens with one attached hydrogen (secondary N) is 1. The highest BCUT2D eigenvalue weighted by Gasteiger charge is 2.55. The minimum atomic E-state index is -3.68. The number of amides is 2. The SMILES string of the molecule is COC(=O)[C@@H]1C[C@@H]2CN1C(=O)[C@H](C(C)(C)C)NC(=O)O[C@@H]1CC3C[C@@H]3[C@H]1CC/C=C/C(F)(F)c1nc3ccc(OC(F)F)cc3nc1O2. The smallest absolute Gasteiger partial charge is 0.408 e. The summed E-state index contributed by atoms with van der Waals surface area (Å²) in [7, 11) is 1.15. The molecule has 15 heteroatoms. The molecule has 7 atom stereocenters. The number of hydrogen-bond donors (Lipinski definition) is 1. The zero-order valence-corrected chi connectivity index (χ0v) is 27.0. The van der Waals surface area contributed by atoms with Crippen molar-refractivity contribution in [1.29, 1.82) is 0 Å². The highest BCUT2D eigenvalue weighted by Crippen LogP contribution is 2.57. The van der Waals surface area contributed by atoms with E-state index in [1.807, 2.05) is 0 Å². The number of alkyl carbamates (subject to hydrolysis) is 1. The van der Waals surface area contributed by atoms with E-state index in [1.54, 1.807) is 20.8 Å². The first-order valence-corrected chi connectivity index (χ1v) is 16.0. The zero-order valence-electron chi connectivity index (χ0n) is 27.0. The Hall–Kier alpha value is -4.17. The van der Waals surface area contributed by atoms with Gasteiger partial charge in [-0.1, -0.05) is 26.8 Å². The van der Waals surface area contributed by atoms with Crippen molar-refractivity contribution in [1.82, 2.24) is 20.2 Å². The molecule has 2 saturated carbocycles. The van der Waals surface area contributed by atoms with Gasteiger partial charge in [0.05, 0.1) is 24.7 Å². The first-order chi connectivity index (χ1) is 22.6. The van der Waals surface area contributed by atoms with Crippen LogP contribution in [0.15, 0.2) is 30.4 Å². The standard InChI is InChI=1S/C33H38F4N4O7/c1-32(2,3)26-28(42)41-15-18(14-23(41)29(43)45-4)46-27-25(38-21-9-8-17(47-30(34)35)13-22(21)39-27)33(36,37)10-6-5-7-19-20-11-16(20)12-24(19)48-31(44)40-26/h6,8-10,13,16,18-20,23-24,26,30H,5,7,11-12,14-15H2,1-4H3,(H,40,44)/b10-6+/t16?,18-,19-,20+,23+,24-,26-/m1/s1. The molecule has 3 heterocycles. The number of fused-ring (bicyclic) bond motifs is 7. The second-order valence-corrected chi connectivity index (χ2v) is 14.0. The summed E-state index contributed by atoms with van der Waals surface area (Å²) in [5.74, 6) is -5.22. The van der Waals surface area contributed by atoms with Crippen molar-refractivity contribution in [2.24, 2.45) is 23.2 Å². The predicted octanol–water partition coefficient (Wildman–Crippen LogP) is 5.36. The molecule has 2 aliphatic heterocycles. The molecule has 3 fully saturated rings. The van der Waals surface area contributed by atoms with Gasteiger partial charge in [-0.2, -0.15) is 17.6 Å². The Morgan fingerprint density at radius 3 is 2.56 bits per heavy atom. The van der Waals surface area contributed by atoms with Gasteiger partial charge in [-0.15, -0.1) is 0 Å². The van der Waals surface area contributed by atoms with E-state index in [0.29, 0.717) is 30.8 Å². The van der Waals surface area contributed by atoms with E-state index in [4.69, 9.17) is 14.2 Å². The lowest BCUT2D eigenvalue weighted by atomic mass is 9.85. The maximum absolute atomic E-state index is 16.0. The number of benzene rings is 1. The van der Waals surface area contributed by atoms with Crippen molar-refractivity contribution in [3.05, 3.63) is 36.0 Å². The van der Waals surface area contributed by atoms with Gasteiger partial charge in [0.25, 0.3) is 0 Å². The van der Waals surface area contributed by atoms with Gasteiger partial charge in [0, 0.05) is 12.5 Å². The number of nitrogens with zero attached hydrogens (tertiary/aromatic N) is 3. The monoisotopic (exact) mass is 678 g/mol. The molecule has 11 nitrogen and oxygen atoms in total. The molecule has 1 unspecified atom stereocenters. The summed E-state index contributed by atoms with van der Waals surface area (Å²) in [5, 5.41) is 2.73. The molecular weight excluding hydrogens is 640 g/mol. The van der Waals surface area contributed by atoms with Crippen LogP contribution in [0.25, 0.3) is 11.0 Å². The Balaban J connectivity index is 1.41. The Kier molecular flexibility index (Phi) is 8.92. The number of hydrogen-bond acceptors (Lipinski definition) is 9. The molecule has 0 radical (unpaired) electrons. The van der Waals surface area contributed by atoms with Crippen molar-refractivity contribution < 1.29 is 50.9 Å². The Labute approximate surface area is 274 Å². The number of carbonyl (C=O) groups is 3. The number of halogens is 4. The largest absolute Gasteiger partial charge is 0.471 e. The molecule has 1 aromatic heterocycles. The van der Waals surface area contributed by atoms with Crippen molar-refractivity contribution in [2.75, 3.05) is 13.7 Å². The molecule has 2 amide bonds. The van der Waals surface area contributed by atoms with Crippen LogP contribution in [0.4, 0.5) is 22.4 Å². The molecule has 260 valence electrons. The molecule has 1 aromatic carbocycles. The molecule has 1 saturated heterocycles. The molecule has 6 rings (SSSR count). The van der Waals surface area contributed by atoms with E-state index in [-0.39, 0.29) is 42.1 Å². The summed E-state index contributed by atoms with van der Waals surface area (Å²) < 4.78 is 79.0. The van der Waals surface area contributed by atoms with Crippen molar-refractivity contribution in [3.63, 3.8) is 0 Å². The van der Waals surface area contributed by atoms with E-state index in [9.17, 15) is 23.2 Å². The fourth-order valence-electron chi connectivity index (χ4n) is 7.19. The molecule has 48 heavy (non-hydrogen) atoms. The van der Waals surface area contributed by atoms with Crippen LogP contribution in [-0.4, -0.2) is 77.4 Å². The van der Waals surface area contributed by atoms with Gasteiger partial charge in [-0.25, -0.2) is 19.6 Å². The Morgan fingerprint density at radius 2 is 1.85 bits per heavy atom. The molecule has 1 N–H and O–H groups in total. The number of methoxy groups -OCH3 is 1. The van der Waals surface area contributed by atoms with Crippen molar-refractivity contribution in [3.8, 4) is 11.6 Å². The van der Waals surface area contributed by atoms with E-state index < -0.39 is 71.8 Å². The van der Waals surface area contributed by atoms with E-state index in [0.717, 1.165) is 19.6 Å².